The lowest BCUT2D eigenvalue weighted by Crippen LogP contribution is -2.40. The van der Waals surface area contributed by atoms with Crippen molar-refractivity contribution in [2.75, 3.05) is 19.7 Å². The zero-order valence-corrected chi connectivity index (χ0v) is 13.5. The summed E-state index contributed by atoms with van der Waals surface area (Å²) in [7, 11) is 0. The van der Waals surface area contributed by atoms with E-state index in [4.69, 9.17) is 21.1 Å². The number of hydrogen-bond donors (Lipinski definition) is 0. The molecule has 2 heterocycles. The molecule has 0 amide bonds. The van der Waals surface area contributed by atoms with Gasteiger partial charge in [-0.15, -0.1) is 11.3 Å². The van der Waals surface area contributed by atoms with Gasteiger partial charge in [0.1, 0.15) is 12.7 Å². The number of hydrogen-bond acceptors (Lipinski definition) is 4. The van der Waals surface area contributed by atoms with Gasteiger partial charge in [0.15, 0.2) is 11.5 Å². The lowest BCUT2D eigenvalue weighted by atomic mass is 10.2. The maximum absolute atomic E-state index is 6.02. The number of fused-ring (bicyclic) bond motifs is 1. The third-order valence-electron chi connectivity index (χ3n) is 3.48. The summed E-state index contributed by atoms with van der Waals surface area (Å²) in [5.74, 6) is 1.67. The van der Waals surface area contributed by atoms with Crippen LogP contribution in [0.5, 0.6) is 11.5 Å². The van der Waals surface area contributed by atoms with E-state index in [1.165, 1.54) is 4.88 Å². The number of halogens is 1. The van der Waals surface area contributed by atoms with Gasteiger partial charge in [-0.05, 0) is 30.8 Å². The fraction of sp³-hybridized carbons (Fsp3) is 0.375. The molecule has 0 saturated heterocycles. The summed E-state index contributed by atoms with van der Waals surface area (Å²) in [5, 5.41) is 0. The van der Waals surface area contributed by atoms with Gasteiger partial charge >= 0.3 is 0 Å². The minimum absolute atomic E-state index is 0.0651. The summed E-state index contributed by atoms with van der Waals surface area (Å²) in [6.07, 6.45) is 0.0651. The van der Waals surface area contributed by atoms with Gasteiger partial charge in [0, 0.05) is 18.0 Å². The van der Waals surface area contributed by atoms with Crippen molar-refractivity contribution in [1.29, 1.82) is 0 Å². The first-order valence-electron chi connectivity index (χ1n) is 7.09. The quantitative estimate of drug-likeness (QED) is 0.828. The molecule has 21 heavy (non-hydrogen) atoms. The fourth-order valence-corrected chi connectivity index (χ4v) is 3.53. The van der Waals surface area contributed by atoms with Gasteiger partial charge in [0.25, 0.3) is 0 Å². The lowest BCUT2D eigenvalue weighted by Gasteiger charge is -2.30. The Morgan fingerprint density at radius 3 is 2.76 bits per heavy atom. The maximum atomic E-state index is 6.02. The van der Waals surface area contributed by atoms with Crippen molar-refractivity contribution in [2.45, 2.75) is 19.6 Å². The number of nitrogens with zero attached hydrogens (tertiary/aromatic N) is 1. The second-order valence-electron chi connectivity index (χ2n) is 5.03. The fourth-order valence-electron chi connectivity index (χ4n) is 2.40. The van der Waals surface area contributed by atoms with E-state index in [2.05, 4.69) is 17.9 Å². The van der Waals surface area contributed by atoms with Crippen LogP contribution in [0.25, 0.3) is 0 Å². The minimum Gasteiger partial charge on any atom is -0.486 e. The largest absolute Gasteiger partial charge is 0.486 e. The molecule has 0 bridgehead atoms. The Morgan fingerprint density at radius 2 is 2.05 bits per heavy atom. The van der Waals surface area contributed by atoms with Crippen molar-refractivity contribution in [3.63, 3.8) is 0 Å². The third-order valence-corrected chi connectivity index (χ3v) is 4.70. The number of ether oxygens (including phenoxy) is 2. The van der Waals surface area contributed by atoms with Crippen molar-refractivity contribution >= 4 is 22.9 Å². The molecule has 0 fully saturated rings. The van der Waals surface area contributed by atoms with E-state index >= 15 is 0 Å². The van der Waals surface area contributed by atoms with Gasteiger partial charge in [-0.3, -0.25) is 4.90 Å². The number of rotatable bonds is 5. The molecule has 0 spiro atoms. The van der Waals surface area contributed by atoms with Crippen LogP contribution in [-0.2, 0) is 6.54 Å². The molecule has 2 aromatic rings. The van der Waals surface area contributed by atoms with E-state index in [9.17, 15) is 0 Å². The highest BCUT2D eigenvalue weighted by Crippen LogP contribution is 2.31. The predicted molar refractivity (Wildman–Crippen MR) is 86.6 cm³/mol. The lowest BCUT2D eigenvalue weighted by molar-refractivity contribution is 0.0583. The van der Waals surface area contributed by atoms with E-state index in [0.717, 1.165) is 35.5 Å². The molecule has 0 saturated carbocycles. The van der Waals surface area contributed by atoms with Crippen LogP contribution in [0.4, 0.5) is 0 Å². The number of thiophene rings is 1. The Hall–Kier alpha value is -1.23. The average Bonchev–Trinajstić information content (AvgIpc) is 2.91. The molecule has 3 nitrogen and oxygen atoms in total. The SMILES string of the molecule is CCN(Cc1ccc(Cl)s1)CC1COc2ccccc2O1. The topological polar surface area (TPSA) is 21.7 Å². The van der Waals surface area contributed by atoms with E-state index in [1.807, 2.05) is 30.3 Å². The number of likely N-dealkylation sites (N-methyl/N-ethyl adjacent to an activating group) is 1. The Balaban J connectivity index is 1.60. The monoisotopic (exact) mass is 323 g/mol. The van der Waals surface area contributed by atoms with Crippen LogP contribution in [-0.4, -0.2) is 30.7 Å². The smallest absolute Gasteiger partial charge is 0.161 e. The molecule has 1 unspecified atom stereocenters. The molecular weight excluding hydrogens is 306 g/mol. The number of para-hydroxylation sites is 2. The summed E-state index contributed by atoms with van der Waals surface area (Å²) in [4.78, 5) is 3.63. The van der Waals surface area contributed by atoms with Crippen molar-refractivity contribution in [3.8, 4) is 11.5 Å². The second kappa shape index (κ2) is 6.69. The summed E-state index contributed by atoms with van der Waals surface area (Å²) in [6, 6.07) is 11.9. The molecule has 112 valence electrons. The van der Waals surface area contributed by atoms with Crippen LogP contribution >= 0.6 is 22.9 Å². The molecule has 3 rings (SSSR count). The van der Waals surface area contributed by atoms with Gasteiger partial charge in [-0.25, -0.2) is 0 Å². The van der Waals surface area contributed by atoms with Gasteiger partial charge in [-0.2, -0.15) is 0 Å². The van der Waals surface area contributed by atoms with Crippen LogP contribution in [0.15, 0.2) is 36.4 Å². The van der Waals surface area contributed by atoms with Crippen molar-refractivity contribution < 1.29 is 9.47 Å². The molecule has 5 heteroatoms. The Bertz CT molecular complexity index is 601. The zero-order chi connectivity index (χ0) is 14.7. The maximum Gasteiger partial charge on any atom is 0.161 e. The van der Waals surface area contributed by atoms with Gasteiger partial charge in [-0.1, -0.05) is 30.7 Å². The van der Waals surface area contributed by atoms with E-state index in [-0.39, 0.29) is 6.10 Å². The molecular formula is C16H18ClNO2S. The van der Waals surface area contributed by atoms with Crippen LogP contribution in [0.1, 0.15) is 11.8 Å². The first-order valence-corrected chi connectivity index (χ1v) is 8.29. The third kappa shape index (κ3) is 3.70. The standard InChI is InChI=1S/C16H18ClNO2S/c1-2-18(10-13-7-8-16(17)21-13)9-12-11-19-14-5-3-4-6-15(14)20-12/h3-8,12H,2,9-11H2,1H3. The Kier molecular flexibility index (Phi) is 4.68. The van der Waals surface area contributed by atoms with E-state index in [1.54, 1.807) is 11.3 Å². The highest BCUT2D eigenvalue weighted by atomic mass is 35.5. The average molecular weight is 324 g/mol. The minimum atomic E-state index is 0.0651. The van der Waals surface area contributed by atoms with Crippen molar-refractivity contribution in [3.05, 3.63) is 45.6 Å². The normalized spacial score (nSPS) is 17.2. The summed E-state index contributed by atoms with van der Waals surface area (Å²) in [6.45, 7) is 5.47. The van der Waals surface area contributed by atoms with Crippen LogP contribution in [0, 0.1) is 0 Å². The molecule has 1 aliphatic heterocycles. The van der Waals surface area contributed by atoms with Crippen molar-refractivity contribution in [2.24, 2.45) is 0 Å². The predicted octanol–water partition coefficient (Wildman–Crippen LogP) is 4.06. The van der Waals surface area contributed by atoms with Gasteiger partial charge in [0.05, 0.1) is 4.34 Å². The molecule has 1 aromatic carbocycles. The molecule has 0 aliphatic carbocycles. The van der Waals surface area contributed by atoms with Gasteiger partial charge in [0.2, 0.25) is 0 Å². The van der Waals surface area contributed by atoms with E-state index in [0.29, 0.717) is 6.61 Å². The molecule has 0 radical (unpaired) electrons. The molecule has 1 aliphatic rings. The first kappa shape index (κ1) is 14.7. The first-order chi connectivity index (χ1) is 10.2. The molecule has 0 N–H and O–H groups in total. The molecule has 1 aromatic heterocycles. The van der Waals surface area contributed by atoms with Crippen LogP contribution in [0.2, 0.25) is 4.34 Å². The second-order valence-corrected chi connectivity index (χ2v) is 6.83. The van der Waals surface area contributed by atoms with E-state index < -0.39 is 0 Å². The summed E-state index contributed by atoms with van der Waals surface area (Å²) in [5.41, 5.74) is 0. The van der Waals surface area contributed by atoms with Gasteiger partial charge < -0.3 is 9.47 Å². The zero-order valence-electron chi connectivity index (χ0n) is 11.9. The highest BCUT2D eigenvalue weighted by Gasteiger charge is 2.22. The summed E-state index contributed by atoms with van der Waals surface area (Å²) < 4.78 is 12.6. The summed E-state index contributed by atoms with van der Waals surface area (Å²) >= 11 is 7.62. The highest BCUT2D eigenvalue weighted by molar-refractivity contribution is 7.16. The molecule has 1 atom stereocenters. The van der Waals surface area contributed by atoms with Crippen molar-refractivity contribution in [1.82, 2.24) is 4.90 Å². The van der Waals surface area contributed by atoms with Crippen LogP contribution < -0.4 is 9.47 Å². The number of benzene rings is 1. The van der Waals surface area contributed by atoms with Crippen LogP contribution in [0.3, 0.4) is 0 Å². The Morgan fingerprint density at radius 1 is 1.24 bits per heavy atom. The Labute approximate surface area is 134 Å².